The Morgan fingerprint density at radius 1 is 1.17 bits per heavy atom. The van der Waals surface area contributed by atoms with E-state index in [4.69, 9.17) is 9.97 Å². The Kier molecular flexibility index (Phi) is 4.24. The van der Waals surface area contributed by atoms with Crippen molar-refractivity contribution in [3.63, 3.8) is 0 Å². The molecule has 29 heavy (non-hydrogen) atoms. The molecule has 1 aliphatic rings. The predicted octanol–water partition coefficient (Wildman–Crippen LogP) is 2.65. The second-order valence-corrected chi connectivity index (χ2v) is 7.57. The molecular weight excluding hydrogens is 364 g/mol. The normalized spacial score (nSPS) is 14.3. The molecule has 5 rings (SSSR count). The molecule has 4 aromatic rings. The van der Waals surface area contributed by atoms with Gasteiger partial charge in [0.2, 0.25) is 0 Å². The van der Waals surface area contributed by atoms with Gasteiger partial charge in [-0.15, -0.1) is 0 Å². The molecule has 0 unspecified atom stereocenters. The van der Waals surface area contributed by atoms with Gasteiger partial charge in [-0.25, -0.2) is 9.97 Å². The molecule has 0 spiro atoms. The van der Waals surface area contributed by atoms with Gasteiger partial charge in [-0.3, -0.25) is 14.7 Å². The quantitative estimate of drug-likeness (QED) is 0.586. The van der Waals surface area contributed by atoms with Crippen molar-refractivity contribution in [3.05, 3.63) is 81.4 Å². The molecule has 0 aromatic carbocycles. The predicted molar refractivity (Wildman–Crippen MR) is 111 cm³/mol. The van der Waals surface area contributed by atoms with Gasteiger partial charge in [0.05, 0.1) is 22.6 Å². The van der Waals surface area contributed by atoms with Gasteiger partial charge in [0, 0.05) is 50.2 Å². The summed E-state index contributed by atoms with van der Waals surface area (Å²) in [6.07, 6.45) is 6.24. The van der Waals surface area contributed by atoms with Gasteiger partial charge in [0.15, 0.2) is 0 Å². The maximum Gasteiger partial charge on any atom is 0.255 e. The third-order valence-electron chi connectivity index (χ3n) is 5.60. The van der Waals surface area contributed by atoms with E-state index in [1.807, 2.05) is 25.1 Å². The SMILES string of the molecule is Cc1nc2c(C)cccn2c1CN1CCc2nc(-c3cccnc3)[nH]c(=O)c2C1. The van der Waals surface area contributed by atoms with E-state index in [0.29, 0.717) is 12.4 Å². The van der Waals surface area contributed by atoms with Crippen LogP contribution in [-0.2, 0) is 19.5 Å². The number of hydrogen-bond acceptors (Lipinski definition) is 5. The summed E-state index contributed by atoms with van der Waals surface area (Å²) in [6.45, 7) is 6.32. The standard InChI is InChI=1S/C22H22N6O/c1-14-5-4-9-28-19(15(2)24-21(14)28)13-27-10-7-18-17(12-27)22(29)26-20(25-18)16-6-3-8-23-11-16/h3-6,8-9,11H,7,10,12-13H2,1-2H3,(H,25,26,29). The summed E-state index contributed by atoms with van der Waals surface area (Å²) < 4.78 is 2.16. The minimum atomic E-state index is -0.0655. The second kappa shape index (κ2) is 6.93. The number of aryl methyl sites for hydroxylation is 2. The van der Waals surface area contributed by atoms with Gasteiger partial charge in [-0.1, -0.05) is 6.07 Å². The molecule has 0 bridgehead atoms. The molecule has 0 aliphatic carbocycles. The lowest BCUT2D eigenvalue weighted by Gasteiger charge is -2.27. The molecular formula is C22H22N6O. The number of nitrogens with zero attached hydrogens (tertiary/aromatic N) is 5. The number of aromatic amines is 1. The molecule has 0 amide bonds. The third-order valence-corrected chi connectivity index (χ3v) is 5.60. The highest BCUT2D eigenvalue weighted by molar-refractivity contribution is 5.53. The Hall–Kier alpha value is -3.32. The van der Waals surface area contributed by atoms with Gasteiger partial charge in [0.1, 0.15) is 11.5 Å². The van der Waals surface area contributed by atoms with Crippen LogP contribution in [0.15, 0.2) is 47.7 Å². The van der Waals surface area contributed by atoms with Gasteiger partial charge in [-0.05, 0) is 37.6 Å². The van der Waals surface area contributed by atoms with Crippen LogP contribution in [0.25, 0.3) is 17.0 Å². The van der Waals surface area contributed by atoms with Crippen molar-refractivity contribution in [2.24, 2.45) is 0 Å². The highest BCUT2D eigenvalue weighted by Gasteiger charge is 2.23. The van der Waals surface area contributed by atoms with Crippen LogP contribution < -0.4 is 5.56 Å². The summed E-state index contributed by atoms with van der Waals surface area (Å²) in [5.41, 5.74) is 6.76. The molecule has 0 saturated carbocycles. The van der Waals surface area contributed by atoms with Crippen LogP contribution in [0.4, 0.5) is 0 Å². The zero-order valence-electron chi connectivity index (χ0n) is 16.5. The summed E-state index contributed by atoms with van der Waals surface area (Å²) in [7, 11) is 0. The Morgan fingerprint density at radius 3 is 2.90 bits per heavy atom. The number of hydrogen-bond donors (Lipinski definition) is 1. The van der Waals surface area contributed by atoms with Crippen molar-refractivity contribution in [2.45, 2.75) is 33.4 Å². The fourth-order valence-corrected chi connectivity index (χ4v) is 4.02. The summed E-state index contributed by atoms with van der Waals surface area (Å²) in [5, 5.41) is 0. The maximum absolute atomic E-state index is 12.8. The maximum atomic E-state index is 12.8. The first-order chi connectivity index (χ1) is 14.1. The number of H-pyrrole nitrogens is 1. The highest BCUT2D eigenvalue weighted by Crippen LogP contribution is 2.22. The number of pyridine rings is 2. The van der Waals surface area contributed by atoms with Crippen LogP contribution >= 0.6 is 0 Å². The number of fused-ring (bicyclic) bond motifs is 2. The van der Waals surface area contributed by atoms with Gasteiger partial charge < -0.3 is 9.38 Å². The summed E-state index contributed by atoms with van der Waals surface area (Å²) in [4.78, 5) is 31.6. The molecule has 4 aromatic heterocycles. The average Bonchev–Trinajstić information content (AvgIpc) is 3.06. The first kappa shape index (κ1) is 17.8. The van der Waals surface area contributed by atoms with Crippen LogP contribution in [0.2, 0.25) is 0 Å². The number of aromatic nitrogens is 5. The van der Waals surface area contributed by atoms with E-state index in [1.54, 1.807) is 12.4 Å². The smallest absolute Gasteiger partial charge is 0.255 e. The minimum absolute atomic E-state index is 0.0655. The Balaban J connectivity index is 1.44. The van der Waals surface area contributed by atoms with Crippen molar-refractivity contribution in [2.75, 3.05) is 6.54 Å². The highest BCUT2D eigenvalue weighted by atomic mass is 16.1. The summed E-state index contributed by atoms with van der Waals surface area (Å²) >= 11 is 0. The third kappa shape index (κ3) is 3.13. The van der Waals surface area contributed by atoms with Crippen molar-refractivity contribution < 1.29 is 0 Å². The molecule has 7 nitrogen and oxygen atoms in total. The molecule has 0 atom stereocenters. The second-order valence-electron chi connectivity index (χ2n) is 7.57. The minimum Gasteiger partial charge on any atom is -0.306 e. The first-order valence-electron chi connectivity index (χ1n) is 9.78. The molecule has 1 aliphatic heterocycles. The Labute approximate surface area is 168 Å². The van der Waals surface area contributed by atoms with Gasteiger partial charge in [0.25, 0.3) is 5.56 Å². The summed E-state index contributed by atoms with van der Waals surface area (Å²) in [5.74, 6) is 0.586. The fraction of sp³-hybridized carbons (Fsp3) is 0.273. The molecule has 0 radical (unpaired) electrons. The van der Waals surface area contributed by atoms with E-state index in [-0.39, 0.29) is 5.56 Å². The lowest BCUT2D eigenvalue weighted by atomic mass is 10.1. The van der Waals surface area contributed by atoms with Crippen LogP contribution in [0, 0.1) is 13.8 Å². The van der Waals surface area contributed by atoms with E-state index >= 15 is 0 Å². The van der Waals surface area contributed by atoms with Crippen LogP contribution in [0.3, 0.4) is 0 Å². The molecule has 5 heterocycles. The van der Waals surface area contributed by atoms with E-state index in [9.17, 15) is 4.79 Å². The fourth-order valence-electron chi connectivity index (χ4n) is 4.02. The summed E-state index contributed by atoms with van der Waals surface area (Å²) in [6, 6.07) is 7.87. The van der Waals surface area contributed by atoms with Gasteiger partial charge >= 0.3 is 0 Å². The largest absolute Gasteiger partial charge is 0.306 e. The van der Waals surface area contributed by atoms with Crippen LogP contribution in [0.5, 0.6) is 0 Å². The lowest BCUT2D eigenvalue weighted by molar-refractivity contribution is 0.238. The Bertz CT molecular complexity index is 1260. The van der Waals surface area contributed by atoms with Crippen LogP contribution in [0.1, 0.15) is 28.2 Å². The molecule has 1 N–H and O–H groups in total. The monoisotopic (exact) mass is 386 g/mol. The van der Waals surface area contributed by atoms with E-state index < -0.39 is 0 Å². The Morgan fingerprint density at radius 2 is 2.07 bits per heavy atom. The molecule has 7 heteroatoms. The molecule has 0 saturated heterocycles. The molecule has 0 fully saturated rings. The van der Waals surface area contributed by atoms with Crippen molar-refractivity contribution in [1.82, 2.24) is 29.2 Å². The van der Waals surface area contributed by atoms with Crippen molar-refractivity contribution in [1.29, 1.82) is 0 Å². The van der Waals surface area contributed by atoms with Gasteiger partial charge in [-0.2, -0.15) is 0 Å². The van der Waals surface area contributed by atoms with E-state index in [1.165, 1.54) is 5.69 Å². The van der Waals surface area contributed by atoms with Crippen LogP contribution in [-0.4, -0.2) is 35.8 Å². The first-order valence-corrected chi connectivity index (χ1v) is 9.78. The average molecular weight is 386 g/mol. The van der Waals surface area contributed by atoms with E-state index in [2.05, 4.69) is 38.5 Å². The number of rotatable bonds is 3. The lowest BCUT2D eigenvalue weighted by Crippen LogP contribution is -2.35. The molecule has 146 valence electrons. The zero-order chi connectivity index (χ0) is 20.0. The topological polar surface area (TPSA) is 79.2 Å². The van der Waals surface area contributed by atoms with E-state index in [0.717, 1.165) is 53.2 Å². The van der Waals surface area contributed by atoms with Crippen molar-refractivity contribution in [3.8, 4) is 11.4 Å². The number of nitrogens with one attached hydrogen (secondary N) is 1. The zero-order valence-corrected chi connectivity index (χ0v) is 16.5. The van der Waals surface area contributed by atoms with Crippen molar-refractivity contribution >= 4 is 5.65 Å². The number of imidazole rings is 1.